The quantitative estimate of drug-likeness (QED) is 0.136. The van der Waals surface area contributed by atoms with Crippen molar-refractivity contribution < 1.29 is 9.49 Å². The molecule has 0 amide bonds. The standard InChI is InChI=1S/C25H34N3O2/c1-2-3-4-5-6-7-8-9-10-13-20-26-21-27(25-15-12-11-14-24(25)26)22-16-18-23(19-17-22)28(29)30/h11-12,14-19,21H,2-10,13,20H2,1H3/q+1. The van der Waals surface area contributed by atoms with Crippen LogP contribution in [0.4, 0.5) is 5.69 Å². The first-order chi connectivity index (χ1) is 14.7. The van der Waals surface area contributed by atoms with Crippen molar-refractivity contribution in [2.75, 3.05) is 0 Å². The highest BCUT2D eigenvalue weighted by Crippen LogP contribution is 2.20. The molecule has 0 N–H and O–H groups in total. The van der Waals surface area contributed by atoms with E-state index in [4.69, 9.17) is 0 Å². The van der Waals surface area contributed by atoms with Crippen LogP contribution in [0.5, 0.6) is 0 Å². The number of benzene rings is 2. The van der Waals surface area contributed by atoms with E-state index in [0.717, 1.165) is 17.7 Å². The third-order valence-electron chi connectivity index (χ3n) is 5.80. The molecular formula is C25H34N3O2+. The van der Waals surface area contributed by atoms with Gasteiger partial charge < -0.3 is 0 Å². The van der Waals surface area contributed by atoms with Crippen molar-refractivity contribution >= 4 is 16.7 Å². The van der Waals surface area contributed by atoms with Gasteiger partial charge in [-0.25, -0.2) is 4.57 Å². The molecule has 160 valence electrons. The molecule has 0 aliphatic carbocycles. The molecule has 1 aromatic heterocycles. The highest BCUT2D eigenvalue weighted by molar-refractivity contribution is 5.74. The lowest BCUT2D eigenvalue weighted by molar-refractivity contribution is -0.672. The molecule has 0 radical (unpaired) electrons. The maximum atomic E-state index is 10.9. The van der Waals surface area contributed by atoms with Crippen LogP contribution >= 0.6 is 0 Å². The number of nitro benzene ring substituents is 1. The van der Waals surface area contributed by atoms with Gasteiger partial charge in [0, 0.05) is 12.1 Å². The number of non-ortho nitro benzene ring substituents is 1. The van der Waals surface area contributed by atoms with Crippen LogP contribution in [0.15, 0.2) is 54.9 Å². The van der Waals surface area contributed by atoms with E-state index < -0.39 is 0 Å². The summed E-state index contributed by atoms with van der Waals surface area (Å²) in [4.78, 5) is 10.6. The summed E-state index contributed by atoms with van der Waals surface area (Å²) in [5.41, 5.74) is 3.39. The number of unbranched alkanes of at least 4 members (excludes halogenated alkanes) is 9. The molecule has 0 aliphatic rings. The Labute approximate surface area is 179 Å². The molecular weight excluding hydrogens is 374 g/mol. The number of imidazole rings is 1. The zero-order valence-electron chi connectivity index (χ0n) is 18.1. The largest absolute Gasteiger partial charge is 0.269 e. The Morgan fingerprint density at radius 2 is 1.43 bits per heavy atom. The molecule has 0 fully saturated rings. The molecule has 3 rings (SSSR count). The number of fused-ring (bicyclic) bond motifs is 1. The lowest BCUT2D eigenvalue weighted by Gasteiger charge is -2.02. The van der Waals surface area contributed by atoms with E-state index in [9.17, 15) is 10.1 Å². The van der Waals surface area contributed by atoms with Gasteiger partial charge in [0.1, 0.15) is 5.69 Å². The van der Waals surface area contributed by atoms with Gasteiger partial charge in [0.15, 0.2) is 11.0 Å². The number of aromatic nitrogens is 2. The maximum absolute atomic E-state index is 10.9. The molecule has 1 heterocycles. The Bertz CT molecular complexity index is 931. The summed E-state index contributed by atoms with van der Waals surface area (Å²) in [7, 11) is 0. The first-order valence-corrected chi connectivity index (χ1v) is 11.4. The predicted octanol–water partition coefficient (Wildman–Crippen LogP) is 6.75. The molecule has 0 atom stereocenters. The fourth-order valence-electron chi connectivity index (χ4n) is 4.06. The topological polar surface area (TPSA) is 52.0 Å². The molecule has 2 aromatic carbocycles. The van der Waals surface area contributed by atoms with Gasteiger partial charge in [-0.15, -0.1) is 0 Å². The van der Waals surface area contributed by atoms with E-state index in [-0.39, 0.29) is 10.6 Å². The van der Waals surface area contributed by atoms with E-state index >= 15 is 0 Å². The number of nitrogens with zero attached hydrogens (tertiary/aromatic N) is 3. The van der Waals surface area contributed by atoms with Crippen LogP contribution in [0.2, 0.25) is 0 Å². The van der Waals surface area contributed by atoms with E-state index in [1.807, 2.05) is 18.2 Å². The van der Waals surface area contributed by atoms with Crippen LogP contribution < -0.4 is 4.57 Å². The second kappa shape index (κ2) is 11.5. The Kier molecular flexibility index (Phi) is 8.42. The van der Waals surface area contributed by atoms with Crippen molar-refractivity contribution in [3.05, 3.63) is 65.0 Å². The van der Waals surface area contributed by atoms with Crippen LogP contribution in [0, 0.1) is 10.1 Å². The Balaban J connectivity index is 1.55. The van der Waals surface area contributed by atoms with E-state index in [2.05, 4.69) is 40.6 Å². The summed E-state index contributed by atoms with van der Waals surface area (Å²) in [6.45, 7) is 3.26. The molecule has 5 nitrogen and oxygen atoms in total. The van der Waals surface area contributed by atoms with Crippen molar-refractivity contribution in [1.29, 1.82) is 0 Å². The average Bonchev–Trinajstić information content (AvgIpc) is 3.14. The minimum Gasteiger partial charge on any atom is -0.258 e. The van der Waals surface area contributed by atoms with E-state index in [1.54, 1.807) is 12.1 Å². The summed E-state index contributed by atoms with van der Waals surface area (Å²) in [5.74, 6) is 0. The molecule has 5 heteroatoms. The number of aryl methyl sites for hydroxylation is 1. The fourth-order valence-corrected chi connectivity index (χ4v) is 4.06. The minimum atomic E-state index is -0.358. The molecule has 0 saturated carbocycles. The highest BCUT2D eigenvalue weighted by Gasteiger charge is 2.17. The number of hydrogen-bond donors (Lipinski definition) is 0. The molecule has 0 aliphatic heterocycles. The summed E-state index contributed by atoms with van der Waals surface area (Å²) >= 11 is 0. The van der Waals surface area contributed by atoms with Crippen molar-refractivity contribution in [3.63, 3.8) is 0 Å². The van der Waals surface area contributed by atoms with Crippen LogP contribution in [-0.4, -0.2) is 9.49 Å². The van der Waals surface area contributed by atoms with E-state index in [1.165, 1.54) is 69.7 Å². The summed E-state index contributed by atoms with van der Waals surface area (Å²) in [6, 6.07) is 15.1. The fraction of sp³-hybridized carbons (Fsp3) is 0.480. The van der Waals surface area contributed by atoms with Crippen molar-refractivity contribution in [2.24, 2.45) is 0 Å². The van der Waals surface area contributed by atoms with Gasteiger partial charge in [-0.2, -0.15) is 4.57 Å². The Hall–Kier alpha value is -2.69. The zero-order chi connectivity index (χ0) is 21.2. The van der Waals surface area contributed by atoms with Gasteiger partial charge in [0.05, 0.1) is 11.5 Å². The minimum absolute atomic E-state index is 0.119. The molecule has 0 unspecified atom stereocenters. The number of nitro groups is 1. The first-order valence-electron chi connectivity index (χ1n) is 11.4. The Morgan fingerprint density at radius 3 is 2.07 bits per heavy atom. The smallest absolute Gasteiger partial charge is 0.258 e. The van der Waals surface area contributed by atoms with E-state index in [0.29, 0.717) is 0 Å². The Morgan fingerprint density at radius 1 is 0.833 bits per heavy atom. The molecule has 0 spiro atoms. The van der Waals surface area contributed by atoms with Gasteiger partial charge in [-0.1, -0.05) is 70.4 Å². The van der Waals surface area contributed by atoms with Crippen LogP contribution in [0.3, 0.4) is 0 Å². The zero-order valence-corrected chi connectivity index (χ0v) is 18.1. The number of hydrogen-bond acceptors (Lipinski definition) is 2. The lowest BCUT2D eigenvalue weighted by atomic mass is 10.1. The number of rotatable bonds is 13. The van der Waals surface area contributed by atoms with Crippen molar-refractivity contribution in [3.8, 4) is 5.69 Å². The van der Waals surface area contributed by atoms with Gasteiger partial charge >= 0.3 is 0 Å². The summed E-state index contributed by atoms with van der Waals surface area (Å²) in [5, 5.41) is 10.9. The average molecular weight is 409 g/mol. The third-order valence-corrected chi connectivity index (χ3v) is 5.80. The molecule has 30 heavy (non-hydrogen) atoms. The van der Waals surface area contributed by atoms with Gasteiger partial charge in [0.2, 0.25) is 6.33 Å². The second-order valence-electron chi connectivity index (χ2n) is 8.12. The maximum Gasteiger partial charge on any atom is 0.269 e. The molecule has 0 saturated heterocycles. The summed E-state index contributed by atoms with van der Waals surface area (Å²) < 4.78 is 4.43. The van der Waals surface area contributed by atoms with Gasteiger partial charge in [-0.05, 0) is 37.1 Å². The van der Waals surface area contributed by atoms with Gasteiger partial charge in [-0.3, -0.25) is 10.1 Å². The normalized spacial score (nSPS) is 11.2. The SMILES string of the molecule is CCCCCCCCCCCC[n+]1cn(-c2ccc([N+](=O)[O-])cc2)c2ccccc21. The molecule has 0 bridgehead atoms. The third kappa shape index (κ3) is 5.91. The van der Waals surface area contributed by atoms with Crippen molar-refractivity contribution in [1.82, 2.24) is 4.57 Å². The second-order valence-corrected chi connectivity index (χ2v) is 8.12. The van der Waals surface area contributed by atoms with Crippen LogP contribution in [0.25, 0.3) is 16.7 Å². The first kappa shape index (κ1) is 22.0. The van der Waals surface area contributed by atoms with Crippen molar-refractivity contribution in [2.45, 2.75) is 77.7 Å². The summed E-state index contributed by atoms with van der Waals surface area (Å²) in [6.07, 6.45) is 15.5. The lowest BCUT2D eigenvalue weighted by Crippen LogP contribution is -2.32. The monoisotopic (exact) mass is 408 g/mol. The van der Waals surface area contributed by atoms with Gasteiger partial charge in [0.25, 0.3) is 5.69 Å². The van der Waals surface area contributed by atoms with Crippen LogP contribution in [0.1, 0.15) is 71.1 Å². The molecule has 3 aromatic rings. The number of para-hydroxylation sites is 2. The highest BCUT2D eigenvalue weighted by atomic mass is 16.6. The predicted molar refractivity (Wildman–Crippen MR) is 122 cm³/mol. The van der Waals surface area contributed by atoms with Crippen LogP contribution in [-0.2, 0) is 6.54 Å².